The third kappa shape index (κ3) is 4.57. The fourth-order valence-electron chi connectivity index (χ4n) is 1.93. The highest BCUT2D eigenvalue weighted by Crippen LogP contribution is 2.15. The van der Waals surface area contributed by atoms with Crippen molar-refractivity contribution in [2.45, 2.75) is 13.8 Å². The van der Waals surface area contributed by atoms with Crippen LogP contribution in [0.5, 0.6) is 5.75 Å². The molecule has 122 valence electrons. The molecule has 2 rings (SSSR count). The Hall–Kier alpha value is -2.83. The summed E-state index contributed by atoms with van der Waals surface area (Å²) in [5.41, 5.74) is 1.80. The molecule has 0 aliphatic carbocycles. The number of aromatic nitrogens is 2. The molecule has 1 heterocycles. The standard InChI is InChI=1S/C16H20N4O3/c1-4-23-13-7-5-12(6-8-13)18-15(21)10-17-16(22)14-9-11(2)20(3)19-14/h5-9H,4,10H2,1-3H3,(H,17,22)(H,18,21). The van der Waals surface area contributed by atoms with E-state index < -0.39 is 0 Å². The van der Waals surface area contributed by atoms with Gasteiger partial charge in [0.1, 0.15) is 11.4 Å². The zero-order valence-corrected chi connectivity index (χ0v) is 13.4. The summed E-state index contributed by atoms with van der Waals surface area (Å²) in [6, 6.07) is 8.70. The van der Waals surface area contributed by atoms with Crippen LogP contribution < -0.4 is 15.4 Å². The third-order valence-corrected chi connectivity index (χ3v) is 3.21. The molecule has 0 fully saturated rings. The van der Waals surface area contributed by atoms with E-state index in [0.717, 1.165) is 11.4 Å². The zero-order valence-electron chi connectivity index (χ0n) is 13.4. The lowest BCUT2D eigenvalue weighted by Crippen LogP contribution is -2.33. The number of hydrogen-bond donors (Lipinski definition) is 2. The maximum absolute atomic E-state index is 11.9. The number of nitrogens with one attached hydrogen (secondary N) is 2. The van der Waals surface area contributed by atoms with Crippen molar-refractivity contribution in [1.29, 1.82) is 0 Å². The molecule has 23 heavy (non-hydrogen) atoms. The van der Waals surface area contributed by atoms with Gasteiger partial charge in [0, 0.05) is 18.4 Å². The lowest BCUT2D eigenvalue weighted by Gasteiger charge is -2.07. The van der Waals surface area contributed by atoms with Crippen LogP contribution in [0.2, 0.25) is 0 Å². The number of carbonyl (C=O) groups is 2. The first-order valence-electron chi connectivity index (χ1n) is 7.31. The molecule has 0 saturated heterocycles. The van der Waals surface area contributed by atoms with Crippen LogP contribution in [0.15, 0.2) is 30.3 Å². The van der Waals surface area contributed by atoms with Crippen LogP contribution in [0.1, 0.15) is 23.1 Å². The summed E-state index contributed by atoms with van der Waals surface area (Å²) < 4.78 is 6.93. The first-order valence-corrected chi connectivity index (χ1v) is 7.31. The molecular formula is C16H20N4O3. The highest BCUT2D eigenvalue weighted by Gasteiger charge is 2.12. The Morgan fingerprint density at radius 2 is 1.96 bits per heavy atom. The summed E-state index contributed by atoms with van der Waals surface area (Å²) in [6.07, 6.45) is 0. The number of benzene rings is 1. The number of hydrogen-bond acceptors (Lipinski definition) is 4. The maximum Gasteiger partial charge on any atom is 0.272 e. The van der Waals surface area contributed by atoms with E-state index in [9.17, 15) is 9.59 Å². The SMILES string of the molecule is CCOc1ccc(NC(=O)CNC(=O)c2cc(C)n(C)n2)cc1. The Kier molecular flexibility index (Phi) is 5.35. The minimum atomic E-state index is -0.379. The van der Waals surface area contributed by atoms with Gasteiger partial charge in [-0.25, -0.2) is 0 Å². The number of nitrogens with zero attached hydrogens (tertiary/aromatic N) is 2. The maximum atomic E-state index is 11.9. The first-order chi connectivity index (χ1) is 11.0. The molecule has 0 unspecified atom stereocenters. The topological polar surface area (TPSA) is 85.3 Å². The van der Waals surface area contributed by atoms with Crippen LogP contribution in [0.3, 0.4) is 0 Å². The van der Waals surface area contributed by atoms with Gasteiger partial charge in [-0.2, -0.15) is 5.10 Å². The highest BCUT2D eigenvalue weighted by atomic mass is 16.5. The van der Waals surface area contributed by atoms with Crippen LogP contribution in [0.25, 0.3) is 0 Å². The van der Waals surface area contributed by atoms with Crippen molar-refractivity contribution in [3.05, 3.63) is 41.7 Å². The van der Waals surface area contributed by atoms with Crippen molar-refractivity contribution < 1.29 is 14.3 Å². The lowest BCUT2D eigenvalue weighted by atomic mass is 10.3. The van der Waals surface area contributed by atoms with Crippen LogP contribution in [0, 0.1) is 6.92 Å². The monoisotopic (exact) mass is 316 g/mol. The summed E-state index contributed by atoms with van der Waals surface area (Å²) in [6.45, 7) is 4.22. The van der Waals surface area contributed by atoms with Crippen LogP contribution >= 0.6 is 0 Å². The summed E-state index contributed by atoms with van der Waals surface area (Å²) >= 11 is 0. The Labute approximate surface area is 134 Å². The van der Waals surface area contributed by atoms with Gasteiger partial charge < -0.3 is 15.4 Å². The van der Waals surface area contributed by atoms with Crippen molar-refractivity contribution in [3.8, 4) is 5.75 Å². The summed E-state index contributed by atoms with van der Waals surface area (Å²) in [7, 11) is 1.75. The third-order valence-electron chi connectivity index (χ3n) is 3.21. The normalized spacial score (nSPS) is 10.2. The Bertz CT molecular complexity index is 672. The number of anilines is 1. The number of ether oxygens (including phenoxy) is 1. The Morgan fingerprint density at radius 1 is 1.26 bits per heavy atom. The van der Waals surface area contributed by atoms with E-state index >= 15 is 0 Å². The molecule has 0 aliphatic rings. The molecule has 1 aromatic carbocycles. The fraction of sp³-hybridized carbons (Fsp3) is 0.312. The molecule has 2 aromatic rings. The number of amides is 2. The fourth-order valence-corrected chi connectivity index (χ4v) is 1.93. The van der Waals surface area contributed by atoms with Gasteiger partial charge in [-0.15, -0.1) is 0 Å². The van der Waals surface area contributed by atoms with Crippen LogP contribution in [-0.4, -0.2) is 34.7 Å². The van der Waals surface area contributed by atoms with E-state index in [4.69, 9.17) is 4.74 Å². The van der Waals surface area contributed by atoms with Gasteiger partial charge in [-0.1, -0.05) is 0 Å². The van der Waals surface area contributed by atoms with Gasteiger partial charge in [0.25, 0.3) is 5.91 Å². The number of rotatable bonds is 6. The summed E-state index contributed by atoms with van der Waals surface area (Å²) in [5.74, 6) is 0.0510. The molecule has 0 aliphatic heterocycles. The van der Waals surface area contributed by atoms with Gasteiger partial charge in [-0.05, 0) is 44.2 Å². The number of aryl methyl sites for hydroxylation is 2. The minimum absolute atomic E-state index is 0.123. The second-order valence-corrected chi connectivity index (χ2v) is 4.98. The molecular weight excluding hydrogens is 296 g/mol. The van der Waals surface area contributed by atoms with Gasteiger partial charge in [0.05, 0.1) is 13.2 Å². The molecule has 0 spiro atoms. The lowest BCUT2D eigenvalue weighted by molar-refractivity contribution is -0.115. The van der Waals surface area contributed by atoms with Crippen molar-refractivity contribution in [3.63, 3.8) is 0 Å². The van der Waals surface area contributed by atoms with Gasteiger partial charge in [0.2, 0.25) is 5.91 Å². The molecule has 0 atom stereocenters. The van der Waals surface area contributed by atoms with Gasteiger partial charge in [0.15, 0.2) is 0 Å². The van der Waals surface area contributed by atoms with Crippen LogP contribution in [0.4, 0.5) is 5.69 Å². The molecule has 0 saturated carbocycles. The average Bonchev–Trinajstić information content (AvgIpc) is 2.87. The quantitative estimate of drug-likeness (QED) is 0.845. The van der Waals surface area contributed by atoms with Crippen molar-refractivity contribution in [2.75, 3.05) is 18.5 Å². The Morgan fingerprint density at radius 3 is 2.52 bits per heavy atom. The Balaban J connectivity index is 1.83. The predicted octanol–water partition coefficient (Wildman–Crippen LogP) is 1.50. The van der Waals surface area contributed by atoms with Gasteiger partial charge >= 0.3 is 0 Å². The molecule has 7 nitrogen and oxygen atoms in total. The summed E-state index contributed by atoms with van der Waals surface area (Å²) in [5, 5.41) is 9.30. The second-order valence-electron chi connectivity index (χ2n) is 4.98. The van der Waals surface area contributed by atoms with E-state index in [1.54, 1.807) is 42.1 Å². The largest absolute Gasteiger partial charge is 0.494 e. The van der Waals surface area contributed by atoms with E-state index in [0.29, 0.717) is 18.0 Å². The smallest absolute Gasteiger partial charge is 0.272 e. The highest BCUT2D eigenvalue weighted by molar-refractivity contribution is 5.98. The second kappa shape index (κ2) is 7.44. The molecule has 2 amide bonds. The molecule has 0 radical (unpaired) electrons. The van der Waals surface area contributed by atoms with Crippen molar-refractivity contribution in [2.24, 2.45) is 7.05 Å². The molecule has 0 bridgehead atoms. The van der Waals surface area contributed by atoms with Crippen molar-refractivity contribution in [1.82, 2.24) is 15.1 Å². The molecule has 1 aromatic heterocycles. The van der Waals surface area contributed by atoms with Crippen LogP contribution in [-0.2, 0) is 11.8 Å². The summed E-state index contributed by atoms with van der Waals surface area (Å²) in [4.78, 5) is 23.7. The predicted molar refractivity (Wildman–Crippen MR) is 86.5 cm³/mol. The van der Waals surface area contributed by atoms with E-state index in [2.05, 4.69) is 15.7 Å². The van der Waals surface area contributed by atoms with Gasteiger partial charge in [-0.3, -0.25) is 14.3 Å². The molecule has 7 heteroatoms. The van der Waals surface area contributed by atoms with E-state index in [1.807, 2.05) is 13.8 Å². The molecule has 2 N–H and O–H groups in total. The average molecular weight is 316 g/mol. The number of carbonyl (C=O) groups excluding carboxylic acids is 2. The van der Waals surface area contributed by atoms with E-state index in [1.165, 1.54) is 0 Å². The van der Waals surface area contributed by atoms with Crippen molar-refractivity contribution >= 4 is 17.5 Å². The first kappa shape index (κ1) is 16.5. The minimum Gasteiger partial charge on any atom is -0.494 e. The zero-order chi connectivity index (χ0) is 16.8. The van der Waals surface area contributed by atoms with E-state index in [-0.39, 0.29) is 18.4 Å².